The Balaban J connectivity index is 2.52. The molecule has 1 N–H and O–H groups in total. The van der Waals surface area contributed by atoms with Crippen LogP contribution in [0.15, 0.2) is 18.2 Å². The Morgan fingerprint density at radius 1 is 1.41 bits per heavy atom. The van der Waals surface area contributed by atoms with E-state index in [9.17, 15) is 4.79 Å². The lowest BCUT2D eigenvalue weighted by Crippen LogP contribution is -1.98. The highest BCUT2D eigenvalue weighted by molar-refractivity contribution is 7.71. The van der Waals surface area contributed by atoms with Gasteiger partial charge in [0.2, 0.25) is 0 Å². The van der Waals surface area contributed by atoms with Crippen molar-refractivity contribution in [3.8, 4) is 0 Å². The molecule has 1 aromatic carbocycles. The van der Waals surface area contributed by atoms with Crippen molar-refractivity contribution in [1.82, 2.24) is 9.55 Å². The zero-order chi connectivity index (χ0) is 12.4. The number of H-pyrrole nitrogens is 1. The third kappa shape index (κ3) is 2.17. The van der Waals surface area contributed by atoms with Gasteiger partial charge in [0, 0.05) is 18.5 Å². The van der Waals surface area contributed by atoms with Crippen LogP contribution in [0.4, 0.5) is 0 Å². The number of nitrogens with one attached hydrogen (secondary N) is 1. The number of carbonyl (C=O) groups excluding carboxylic acids is 1. The number of aromatic amines is 1. The highest BCUT2D eigenvalue weighted by atomic mass is 32.1. The van der Waals surface area contributed by atoms with Crippen molar-refractivity contribution in [2.45, 2.75) is 33.2 Å². The summed E-state index contributed by atoms with van der Waals surface area (Å²) >= 11 is 5.23. The number of rotatable bonds is 4. The maximum Gasteiger partial charge on any atom is 0.178 e. The molecule has 0 aliphatic heterocycles. The van der Waals surface area contributed by atoms with Gasteiger partial charge in [-0.1, -0.05) is 6.92 Å². The third-order valence-corrected chi connectivity index (χ3v) is 3.21. The number of Topliss-reactive ketones (excluding diaryl/α,β-unsaturated/α-hetero) is 1. The second-order valence-electron chi connectivity index (χ2n) is 4.08. The summed E-state index contributed by atoms with van der Waals surface area (Å²) in [6.45, 7) is 4.90. The number of ketones is 1. The molecule has 17 heavy (non-hydrogen) atoms. The Kier molecular flexibility index (Phi) is 3.43. The summed E-state index contributed by atoms with van der Waals surface area (Å²) in [4.78, 5) is 14.9. The van der Waals surface area contributed by atoms with Gasteiger partial charge in [-0.25, -0.2) is 0 Å². The number of aryl methyl sites for hydroxylation is 1. The number of benzene rings is 1. The van der Waals surface area contributed by atoms with Crippen molar-refractivity contribution in [2.75, 3.05) is 0 Å². The van der Waals surface area contributed by atoms with Gasteiger partial charge in [-0.05, 0) is 43.8 Å². The van der Waals surface area contributed by atoms with E-state index in [1.807, 2.05) is 29.7 Å². The van der Waals surface area contributed by atoms with Crippen LogP contribution in [-0.2, 0) is 6.54 Å². The van der Waals surface area contributed by atoms with Crippen LogP contribution in [0.5, 0.6) is 0 Å². The van der Waals surface area contributed by atoms with E-state index in [1.54, 1.807) is 0 Å². The van der Waals surface area contributed by atoms with Crippen LogP contribution in [-0.4, -0.2) is 15.3 Å². The summed E-state index contributed by atoms with van der Waals surface area (Å²) in [7, 11) is 0. The molecule has 0 aliphatic rings. The Hall–Kier alpha value is -1.42. The summed E-state index contributed by atoms with van der Waals surface area (Å²) in [5.41, 5.74) is 2.77. The van der Waals surface area contributed by atoms with E-state index < -0.39 is 0 Å². The fraction of sp³-hybridized carbons (Fsp3) is 0.385. The quantitative estimate of drug-likeness (QED) is 0.661. The molecule has 0 saturated carbocycles. The Morgan fingerprint density at radius 2 is 2.18 bits per heavy atom. The first-order chi connectivity index (χ1) is 8.17. The molecular weight excluding hydrogens is 232 g/mol. The molecule has 0 aliphatic carbocycles. The first-order valence-electron chi connectivity index (χ1n) is 5.93. The molecule has 2 rings (SSSR count). The minimum absolute atomic E-state index is 0.193. The van der Waals surface area contributed by atoms with Gasteiger partial charge in [0.1, 0.15) is 0 Å². The van der Waals surface area contributed by atoms with E-state index in [4.69, 9.17) is 12.2 Å². The predicted molar refractivity (Wildman–Crippen MR) is 72.0 cm³/mol. The molecule has 0 amide bonds. The topological polar surface area (TPSA) is 37.8 Å². The first kappa shape index (κ1) is 12.0. The van der Waals surface area contributed by atoms with Crippen molar-refractivity contribution in [2.24, 2.45) is 0 Å². The molecule has 2 aromatic rings. The van der Waals surface area contributed by atoms with Crippen LogP contribution in [0.2, 0.25) is 0 Å². The summed E-state index contributed by atoms with van der Waals surface area (Å²) < 4.78 is 2.74. The second-order valence-corrected chi connectivity index (χ2v) is 4.47. The molecule has 4 heteroatoms. The van der Waals surface area contributed by atoms with Gasteiger partial charge in [0.05, 0.1) is 11.0 Å². The first-order valence-corrected chi connectivity index (χ1v) is 6.34. The second kappa shape index (κ2) is 4.84. The molecule has 0 radical (unpaired) electrons. The van der Waals surface area contributed by atoms with E-state index in [2.05, 4.69) is 11.9 Å². The standard InChI is InChI=1S/C13H16N2OS/c1-3-5-12(16)9-6-7-11-10(8-9)14-13(17)15(11)4-2/h6-8H,3-5H2,1-2H3,(H,14,17). The van der Waals surface area contributed by atoms with Gasteiger partial charge in [-0.2, -0.15) is 0 Å². The number of hydrogen-bond acceptors (Lipinski definition) is 2. The highest BCUT2D eigenvalue weighted by Crippen LogP contribution is 2.17. The number of imidazole rings is 1. The van der Waals surface area contributed by atoms with Crippen molar-refractivity contribution < 1.29 is 4.79 Å². The summed E-state index contributed by atoms with van der Waals surface area (Å²) in [5.74, 6) is 0.193. The lowest BCUT2D eigenvalue weighted by molar-refractivity contribution is 0.0982. The molecule has 90 valence electrons. The molecule has 3 nitrogen and oxygen atoms in total. The Bertz CT molecular complexity index is 609. The smallest absolute Gasteiger partial charge is 0.178 e. The molecular formula is C13H16N2OS. The fourth-order valence-corrected chi connectivity index (χ4v) is 2.36. The maximum atomic E-state index is 11.8. The summed E-state index contributed by atoms with van der Waals surface area (Å²) in [6.07, 6.45) is 1.48. The molecule has 0 atom stereocenters. The normalized spacial score (nSPS) is 10.9. The highest BCUT2D eigenvalue weighted by Gasteiger charge is 2.08. The summed E-state index contributed by atoms with van der Waals surface area (Å²) in [5, 5.41) is 0. The lowest BCUT2D eigenvalue weighted by Gasteiger charge is -2.01. The Labute approximate surface area is 105 Å². The average molecular weight is 248 g/mol. The lowest BCUT2D eigenvalue weighted by atomic mass is 10.1. The van der Waals surface area contributed by atoms with Gasteiger partial charge in [0.25, 0.3) is 0 Å². The molecule has 1 heterocycles. The zero-order valence-corrected chi connectivity index (χ0v) is 10.9. The van der Waals surface area contributed by atoms with Crippen LogP contribution in [0.1, 0.15) is 37.0 Å². The third-order valence-electron chi connectivity index (χ3n) is 2.89. The van der Waals surface area contributed by atoms with Gasteiger partial charge in [0.15, 0.2) is 10.6 Å². The van der Waals surface area contributed by atoms with Crippen LogP contribution in [0.3, 0.4) is 0 Å². The van der Waals surface area contributed by atoms with Gasteiger partial charge in [-0.3, -0.25) is 4.79 Å². The van der Waals surface area contributed by atoms with Crippen molar-refractivity contribution in [1.29, 1.82) is 0 Å². The zero-order valence-electron chi connectivity index (χ0n) is 10.1. The van der Waals surface area contributed by atoms with E-state index in [0.717, 1.165) is 29.6 Å². The molecule has 0 bridgehead atoms. The fourth-order valence-electron chi connectivity index (χ4n) is 2.02. The number of carbonyl (C=O) groups is 1. The monoisotopic (exact) mass is 248 g/mol. The van der Waals surface area contributed by atoms with Crippen LogP contribution < -0.4 is 0 Å². The number of fused-ring (bicyclic) bond motifs is 1. The molecule has 0 saturated heterocycles. The minimum Gasteiger partial charge on any atom is -0.331 e. The predicted octanol–water partition coefficient (Wildman–Crippen LogP) is 3.70. The molecule has 1 aromatic heterocycles. The van der Waals surface area contributed by atoms with E-state index in [-0.39, 0.29) is 5.78 Å². The number of aromatic nitrogens is 2. The van der Waals surface area contributed by atoms with Crippen molar-refractivity contribution >= 4 is 29.0 Å². The van der Waals surface area contributed by atoms with Gasteiger partial charge < -0.3 is 9.55 Å². The molecule has 0 unspecified atom stereocenters. The average Bonchev–Trinajstić information content (AvgIpc) is 2.63. The van der Waals surface area contributed by atoms with Crippen molar-refractivity contribution in [3.05, 3.63) is 28.5 Å². The Morgan fingerprint density at radius 3 is 2.82 bits per heavy atom. The van der Waals surface area contributed by atoms with Crippen LogP contribution >= 0.6 is 12.2 Å². The largest absolute Gasteiger partial charge is 0.331 e. The molecule has 0 fully saturated rings. The van der Waals surface area contributed by atoms with E-state index in [1.165, 1.54) is 0 Å². The number of nitrogens with zero attached hydrogens (tertiary/aromatic N) is 1. The van der Waals surface area contributed by atoms with Crippen LogP contribution in [0.25, 0.3) is 11.0 Å². The SMILES string of the molecule is CCCC(=O)c1ccc2c(c1)[nH]c(=S)n2CC. The van der Waals surface area contributed by atoms with Gasteiger partial charge >= 0.3 is 0 Å². The van der Waals surface area contributed by atoms with Gasteiger partial charge in [-0.15, -0.1) is 0 Å². The van der Waals surface area contributed by atoms with Crippen LogP contribution in [0, 0.1) is 4.77 Å². The minimum atomic E-state index is 0.193. The number of hydrogen-bond donors (Lipinski definition) is 1. The van der Waals surface area contributed by atoms with E-state index >= 15 is 0 Å². The van der Waals surface area contributed by atoms with E-state index in [0.29, 0.717) is 11.2 Å². The summed E-state index contributed by atoms with van der Waals surface area (Å²) in [6, 6.07) is 5.75. The van der Waals surface area contributed by atoms with Crippen molar-refractivity contribution in [3.63, 3.8) is 0 Å². The maximum absolute atomic E-state index is 11.8. The molecule has 0 spiro atoms.